The number of phenolic OH excluding ortho intramolecular Hbond substituents is 1. The van der Waals surface area contributed by atoms with Crippen molar-refractivity contribution in [3.8, 4) is 17.2 Å². The third-order valence-electron chi connectivity index (χ3n) is 11.8. The van der Waals surface area contributed by atoms with Crippen LogP contribution in [0.4, 0.5) is 0 Å². The molecule has 4 aliphatic carbocycles. The molecule has 3 unspecified atom stereocenters. The highest BCUT2D eigenvalue weighted by molar-refractivity contribution is 6.18. The van der Waals surface area contributed by atoms with E-state index >= 15 is 0 Å². The van der Waals surface area contributed by atoms with Gasteiger partial charge in [0.05, 0.1) is 5.60 Å². The summed E-state index contributed by atoms with van der Waals surface area (Å²) in [5.74, 6) is -1.93. The zero-order valence-electron chi connectivity index (χ0n) is 27.8. The summed E-state index contributed by atoms with van der Waals surface area (Å²) < 4.78 is 20.8. The second kappa shape index (κ2) is 9.69. The first-order valence-electron chi connectivity index (χ1n) is 16.5. The molecule has 1 saturated heterocycles. The third kappa shape index (κ3) is 3.85. The summed E-state index contributed by atoms with van der Waals surface area (Å²) in [5.41, 5.74) is -0.519. The lowest BCUT2D eigenvalue weighted by Crippen LogP contribution is -2.72. The van der Waals surface area contributed by atoms with E-state index in [2.05, 4.69) is 19.6 Å². The lowest BCUT2D eigenvalue weighted by molar-refractivity contribution is -0.171. The van der Waals surface area contributed by atoms with Crippen molar-refractivity contribution in [1.82, 2.24) is 0 Å². The summed E-state index contributed by atoms with van der Waals surface area (Å²) in [6.45, 7) is 17.7. The van der Waals surface area contributed by atoms with Crippen molar-refractivity contribution in [2.75, 3.05) is 0 Å². The Morgan fingerprint density at radius 2 is 1.80 bits per heavy atom. The van der Waals surface area contributed by atoms with Crippen LogP contribution in [0.15, 0.2) is 47.1 Å². The zero-order valence-corrected chi connectivity index (χ0v) is 27.8. The van der Waals surface area contributed by atoms with E-state index in [9.17, 15) is 24.6 Å². The first-order chi connectivity index (χ1) is 21.5. The standard InChI is InChI=1S/C38H44O8/c1-18(2)9-10-23-31-27(24-17-36(8,44-31)13-12-22(24)19(3)4)30(40)28-29(39)25-15-21-16-26-35(6,7)46-37(33(21)41,14-11-20(5)34(42)43)38(25,26)45-32(23)28/h9,11,15,21-22,24,26,40H,3,10,12-14,16-17H2,1-2,4-8H3,(H,42,43)/b20-11+/t21-,22+,24?,26?,36+,37?,38-/m1/s1. The molecular formula is C38H44O8. The lowest BCUT2D eigenvalue weighted by Gasteiger charge is -2.56. The van der Waals surface area contributed by atoms with Gasteiger partial charge in [0.15, 0.2) is 22.8 Å². The van der Waals surface area contributed by atoms with Crippen molar-refractivity contribution in [1.29, 1.82) is 0 Å². The van der Waals surface area contributed by atoms with E-state index in [4.69, 9.17) is 14.2 Å². The molecule has 8 rings (SSSR count). The van der Waals surface area contributed by atoms with Crippen molar-refractivity contribution in [3.63, 3.8) is 0 Å². The van der Waals surface area contributed by atoms with Crippen molar-refractivity contribution in [2.45, 2.75) is 115 Å². The molecular weight excluding hydrogens is 584 g/mol. The van der Waals surface area contributed by atoms with Crippen LogP contribution in [0.25, 0.3) is 0 Å². The number of Topliss-reactive ketones (excluding diaryl/α,β-unsaturated/α-hetero) is 2. The van der Waals surface area contributed by atoms with E-state index in [1.165, 1.54) is 13.0 Å². The Bertz CT molecular complexity index is 1740. The molecule has 0 amide bonds. The average Bonchev–Trinajstić information content (AvgIpc) is 3.11. The number of carboxylic acid groups (broad SMARTS) is 1. The number of ketones is 2. The van der Waals surface area contributed by atoms with Gasteiger partial charge in [-0.3, -0.25) is 9.59 Å². The fourth-order valence-electron chi connectivity index (χ4n) is 9.66. The van der Waals surface area contributed by atoms with Gasteiger partial charge in [0.2, 0.25) is 0 Å². The van der Waals surface area contributed by atoms with E-state index in [1.54, 1.807) is 6.08 Å². The van der Waals surface area contributed by atoms with Crippen LogP contribution in [0, 0.1) is 17.8 Å². The molecule has 0 radical (unpaired) electrons. The largest absolute Gasteiger partial charge is 0.507 e. The predicted molar refractivity (Wildman–Crippen MR) is 171 cm³/mol. The average molecular weight is 629 g/mol. The van der Waals surface area contributed by atoms with Crippen LogP contribution in [-0.2, 0) is 20.7 Å². The van der Waals surface area contributed by atoms with Gasteiger partial charge in [-0.2, -0.15) is 0 Å². The number of allylic oxidation sites excluding steroid dienone is 4. The molecule has 6 bridgehead atoms. The summed E-state index contributed by atoms with van der Waals surface area (Å²) >= 11 is 0. The molecule has 8 nitrogen and oxygen atoms in total. The van der Waals surface area contributed by atoms with Crippen LogP contribution in [0.1, 0.15) is 108 Å². The maximum absolute atomic E-state index is 15.0. The SMILES string of the molecule is C=C(C)[C@@H]1CC[C@@]2(C)CC1c1c(O)c3c(c(CC=C(C)C)c1O2)O[C@]12C(=C[C@@H]4CC1C(C)(C)OC2(C/C=C(\C)C(=O)O)C4=O)C3=O. The van der Waals surface area contributed by atoms with Gasteiger partial charge in [-0.15, -0.1) is 0 Å². The van der Waals surface area contributed by atoms with Crippen molar-refractivity contribution >= 4 is 17.5 Å². The van der Waals surface area contributed by atoms with E-state index in [0.29, 0.717) is 41.7 Å². The molecule has 3 heterocycles. The first-order valence-corrected chi connectivity index (χ1v) is 16.5. The molecule has 0 aromatic heterocycles. The van der Waals surface area contributed by atoms with Crippen molar-refractivity contribution in [3.05, 3.63) is 63.8 Å². The van der Waals surface area contributed by atoms with Gasteiger partial charge in [0.25, 0.3) is 0 Å². The van der Waals surface area contributed by atoms with Crippen molar-refractivity contribution < 1.29 is 38.8 Å². The smallest absolute Gasteiger partial charge is 0.330 e. The van der Waals surface area contributed by atoms with Gasteiger partial charge in [-0.1, -0.05) is 36.0 Å². The number of hydrogen-bond acceptors (Lipinski definition) is 7. The number of carbonyl (C=O) groups excluding carboxylic acids is 2. The van der Waals surface area contributed by atoms with Crippen LogP contribution in [-0.4, -0.2) is 50.2 Å². The first kappa shape index (κ1) is 31.0. The minimum atomic E-state index is -1.62. The second-order valence-electron chi connectivity index (χ2n) is 15.5. The van der Waals surface area contributed by atoms with Gasteiger partial charge >= 0.3 is 5.97 Å². The Morgan fingerprint density at radius 3 is 2.46 bits per heavy atom. The molecule has 1 spiro atoms. The van der Waals surface area contributed by atoms with Crippen LogP contribution in [0.3, 0.4) is 0 Å². The third-order valence-corrected chi connectivity index (χ3v) is 11.8. The molecule has 46 heavy (non-hydrogen) atoms. The molecule has 7 atom stereocenters. The van der Waals surface area contributed by atoms with Crippen LogP contribution in [0.2, 0.25) is 0 Å². The minimum Gasteiger partial charge on any atom is -0.507 e. The Labute approximate surface area is 270 Å². The molecule has 2 saturated carbocycles. The monoisotopic (exact) mass is 628 g/mol. The summed E-state index contributed by atoms with van der Waals surface area (Å²) in [4.78, 5) is 41.1. The number of fused-ring (bicyclic) bond motifs is 5. The van der Waals surface area contributed by atoms with Gasteiger partial charge in [-0.05, 0) is 86.5 Å². The Kier molecular flexibility index (Phi) is 6.53. The normalized spacial score (nSPS) is 36.1. The number of carbonyl (C=O) groups is 3. The second-order valence-corrected chi connectivity index (χ2v) is 15.5. The Balaban J connectivity index is 1.52. The van der Waals surface area contributed by atoms with Crippen LogP contribution >= 0.6 is 0 Å². The number of aromatic hydroxyl groups is 1. The molecule has 1 aromatic carbocycles. The van der Waals surface area contributed by atoms with Crippen LogP contribution < -0.4 is 9.47 Å². The number of carboxylic acids is 1. The number of benzene rings is 1. The van der Waals surface area contributed by atoms with E-state index < -0.39 is 34.3 Å². The summed E-state index contributed by atoms with van der Waals surface area (Å²) in [6.07, 6.45) is 8.47. The fourth-order valence-corrected chi connectivity index (χ4v) is 9.66. The summed E-state index contributed by atoms with van der Waals surface area (Å²) in [6, 6.07) is 0. The molecule has 1 aromatic rings. The van der Waals surface area contributed by atoms with Gasteiger partial charge in [0.1, 0.15) is 28.4 Å². The molecule has 2 N–H and O–H groups in total. The summed E-state index contributed by atoms with van der Waals surface area (Å²) in [5, 5.41) is 21.8. The molecule has 244 valence electrons. The number of phenols is 1. The number of aliphatic carboxylic acids is 1. The quantitative estimate of drug-likeness (QED) is 0.257. The molecule has 3 aliphatic heterocycles. The number of ether oxygens (including phenoxy) is 3. The van der Waals surface area contributed by atoms with Crippen LogP contribution in [0.5, 0.6) is 17.2 Å². The Hall–Kier alpha value is -3.65. The topological polar surface area (TPSA) is 119 Å². The van der Waals surface area contributed by atoms with Gasteiger partial charge in [-0.25, -0.2) is 4.79 Å². The zero-order chi connectivity index (χ0) is 33.3. The Morgan fingerprint density at radius 1 is 1.09 bits per heavy atom. The maximum atomic E-state index is 15.0. The molecule has 8 heteroatoms. The summed E-state index contributed by atoms with van der Waals surface area (Å²) in [7, 11) is 0. The molecule has 3 fully saturated rings. The highest BCUT2D eigenvalue weighted by atomic mass is 16.6. The minimum absolute atomic E-state index is 0.0580. The predicted octanol–water partition coefficient (Wildman–Crippen LogP) is 6.94. The van der Waals surface area contributed by atoms with Crippen molar-refractivity contribution in [2.24, 2.45) is 17.8 Å². The maximum Gasteiger partial charge on any atom is 0.330 e. The van der Waals surface area contributed by atoms with Gasteiger partial charge < -0.3 is 24.4 Å². The highest BCUT2D eigenvalue weighted by Gasteiger charge is 2.81. The van der Waals surface area contributed by atoms with Gasteiger partial charge in [0, 0.05) is 46.4 Å². The van der Waals surface area contributed by atoms with E-state index in [1.807, 2.05) is 34.6 Å². The van der Waals surface area contributed by atoms with E-state index in [-0.39, 0.29) is 58.4 Å². The van der Waals surface area contributed by atoms with E-state index in [0.717, 1.165) is 24.0 Å². The number of hydrogen-bond donors (Lipinski definition) is 2. The fraction of sp³-hybridized carbons (Fsp3) is 0.553. The highest BCUT2D eigenvalue weighted by Crippen LogP contribution is 2.69. The lowest BCUT2D eigenvalue weighted by atomic mass is 9.51. The molecule has 7 aliphatic rings. The number of rotatable bonds is 6.